The number of benzene rings is 2. The van der Waals surface area contributed by atoms with Gasteiger partial charge in [0.25, 0.3) is 5.91 Å². The summed E-state index contributed by atoms with van der Waals surface area (Å²) < 4.78 is 10.6. The smallest absolute Gasteiger partial charge is 0.274 e. The lowest BCUT2D eigenvalue weighted by Gasteiger charge is -2.24. The fourth-order valence-electron chi connectivity index (χ4n) is 3.44. The summed E-state index contributed by atoms with van der Waals surface area (Å²) >= 11 is 0. The Balaban J connectivity index is 1.83. The van der Waals surface area contributed by atoms with Crippen molar-refractivity contribution in [1.29, 1.82) is 10.5 Å². The molecule has 9 nitrogen and oxygen atoms in total. The number of carbonyl (C=O) groups is 1. The number of azo groups is 1. The largest absolute Gasteiger partial charge is 0.380 e. The average Bonchev–Trinajstić information content (AvgIpc) is 2.86. The van der Waals surface area contributed by atoms with E-state index in [0.29, 0.717) is 31.0 Å². The Morgan fingerprint density at radius 2 is 1.88 bits per heavy atom. The van der Waals surface area contributed by atoms with Crippen LogP contribution in [0.2, 0.25) is 0 Å². The molecule has 0 aromatic heterocycles. The van der Waals surface area contributed by atoms with Crippen molar-refractivity contribution in [2.75, 3.05) is 20.8 Å². The third-order valence-corrected chi connectivity index (χ3v) is 5.02. The molecular weight excluding hydrogens is 420 g/mol. The topological polar surface area (TPSA) is 123 Å². The van der Waals surface area contributed by atoms with Gasteiger partial charge in [-0.3, -0.25) is 4.79 Å². The van der Waals surface area contributed by atoms with Crippen LogP contribution in [0.3, 0.4) is 0 Å². The number of hydrogen-bond acceptors (Lipinski definition) is 8. The van der Waals surface area contributed by atoms with Crippen molar-refractivity contribution in [3.05, 3.63) is 64.7 Å². The fourth-order valence-corrected chi connectivity index (χ4v) is 3.44. The van der Waals surface area contributed by atoms with Gasteiger partial charge in [0.1, 0.15) is 12.1 Å². The molecule has 0 spiro atoms. The van der Waals surface area contributed by atoms with Crippen molar-refractivity contribution in [1.82, 2.24) is 5.01 Å². The molecule has 168 valence electrons. The van der Waals surface area contributed by atoms with Crippen molar-refractivity contribution in [2.45, 2.75) is 32.1 Å². The number of hydrogen-bond donors (Lipinski definition) is 0. The van der Waals surface area contributed by atoms with Crippen LogP contribution in [-0.2, 0) is 22.7 Å². The first-order chi connectivity index (χ1) is 16.1. The Morgan fingerprint density at radius 1 is 1.12 bits per heavy atom. The van der Waals surface area contributed by atoms with Crippen LogP contribution in [0.4, 0.5) is 5.69 Å². The summed E-state index contributed by atoms with van der Waals surface area (Å²) in [6, 6.07) is 14.9. The highest BCUT2D eigenvalue weighted by atomic mass is 16.5. The van der Waals surface area contributed by atoms with E-state index in [0.717, 1.165) is 35.2 Å². The highest BCUT2D eigenvalue weighted by molar-refractivity contribution is 6.03. The molecule has 1 amide bonds. The Hall–Kier alpha value is -3.92. The first-order valence-corrected chi connectivity index (χ1v) is 10.4. The summed E-state index contributed by atoms with van der Waals surface area (Å²) in [5.74, 6) is -0.255. The van der Waals surface area contributed by atoms with Gasteiger partial charge in [0.05, 0.1) is 24.6 Å². The standard InChI is InChI=1S/C24H24N6O3/c1-32-15-19-9-8-17(11-20(19)16-33-2)23-7-4-10-30(29-23)24(31)18-5-3-6-21(12-18)27-28-22(13-25)14-26/h3,5-6,8-9,11-12,22H,4,7,10,15-16H2,1-2H3. The van der Waals surface area contributed by atoms with Gasteiger partial charge in [-0.25, -0.2) is 5.01 Å². The molecule has 33 heavy (non-hydrogen) atoms. The molecule has 1 aliphatic heterocycles. The zero-order chi connectivity index (χ0) is 23.6. The average molecular weight is 444 g/mol. The lowest BCUT2D eigenvalue weighted by Crippen LogP contribution is -2.32. The molecule has 0 atom stereocenters. The zero-order valence-electron chi connectivity index (χ0n) is 18.6. The molecule has 2 aromatic rings. The molecule has 2 aromatic carbocycles. The molecule has 0 saturated heterocycles. The first-order valence-electron chi connectivity index (χ1n) is 10.4. The van der Waals surface area contributed by atoms with Gasteiger partial charge in [0, 0.05) is 26.3 Å². The fraction of sp³-hybridized carbons (Fsp3) is 0.333. The van der Waals surface area contributed by atoms with Gasteiger partial charge in [-0.15, -0.1) is 0 Å². The molecule has 0 N–H and O–H groups in total. The van der Waals surface area contributed by atoms with Crippen LogP contribution in [0.1, 0.15) is 39.9 Å². The second kappa shape index (κ2) is 11.6. The molecule has 0 fully saturated rings. The Morgan fingerprint density at radius 3 is 2.61 bits per heavy atom. The summed E-state index contributed by atoms with van der Waals surface area (Å²) in [6.07, 6.45) is 1.55. The Bertz CT molecular complexity index is 1130. The molecule has 9 heteroatoms. The lowest BCUT2D eigenvalue weighted by atomic mass is 9.99. The molecule has 0 bridgehead atoms. The van der Waals surface area contributed by atoms with E-state index in [9.17, 15) is 4.79 Å². The van der Waals surface area contributed by atoms with E-state index in [1.165, 1.54) is 5.01 Å². The van der Waals surface area contributed by atoms with E-state index in [1.54, 1.807) is 50.6 Å². The van der Waals surface area contributed by atoms with Crippen molar-refractivity contribution < 1.29 is 14.3 Å². The lowest BCUT2D eigenvalue weighted by molar-refractivity contribution is 0.0751. The van der Waals surface area contributed by atoms with E-state index in [4.69, 9.17) is 20.0 Å². The third-order valence-electron chi connectivity index (χ3n) is 5.02. The number of amides is 1. The minimum atomic E-state index is -1.18. The molecule has 0 radical (unpaired) electrons. The van der Waals surface area contributed by atoms with E-state index < -0.39 is 6.04 Å². The van der Waals surface area contributed by atoms with Crippen LogP contribution in [0.5, 0.6) is 0 Å². The molecular formula is C24H24N6O3. The SMILES string of the molecule is COCc1ccc(C2=NN(C(=O)c3cccc(N=NC(C#N)C#N)c3)CCC2)cc1COC. The van der Waals surface area contributed by atoms with Gasteiger partial charge in [-0.2, -0.15) is 25.9 Å². The van der Waals surface area contributed by atoms with Crippen LogP contribution in [0.25, 0.3) is 0 Å². The Kier molecular flexibility index (Phi) is 8.36. The van der Waals surface area contributed by atoms with Crippen LogP contribution in [-0.4, -0.2) is 43.4 Å². The predicted octanol–water partition coefficient (Wildman–Crippen LogP) is 4.12. The van der Waals surface area contributed by atoms with Crippen molar-refractivity contribution >= 4 is 17.3 Å². The number of nitrogens with zero attached hydrogens (tertiary/aromatic N) is 6. The van der Waals surface area contributed by atoms with Gasteiger partial charge in [0.15, 0.2) is 0 Å². The summed E-state index contributed by atoms with van der Waals surface area (Å²) in [7, 11) is 3.30. The number of carbonyl (C=O) groups excluding carboxylic acids is 1. The summed E-state index contributed by atoms with van der Waals surface area (Å²) in [5.41, 5.74) is 4.63. The third kappa shape index (κ3) is 6.07. The Labute approximate surface area is 192 Å². The monoisotopic (exact) mass is 444 g/mol. The summed E-state index contributed by atoms with van der Waals surface area (Å²) in [5, 5.41) is 31.3. The number of methoxy groups -OCH3 is 2. The van der Waals surface area contributed by atoms with E-state index in [1.807, 2.05) is 18.2 Å². The van der Waals surface area contributed by atoms with Crippen LogP contribution in [0, 0.1) is 22.7 Å². The minimum absolute atomic E-state index is 0.255. The molecule has 1 heterocycles. The van der Waals surface area contributed by atoms with Crippen LogP contribution in [0.15, 0.2) is 57.8 Å². The first kappa shape index (κ1) is 23.7. The van der Waals surface area contributed by atoms with Crippen LogP contribution >= 0.6 is 0 Å². The molecule has 1 aliphatic rings. The highest BCUT2D eigenvalue weighted by Gasteiger charge is 2.21. The molecule has 3 rings (SSSR count). The van der Waals surface area contributed by atoms with Gasteiger partial charge >= 0.3 is 0 Å². The van der Waals surface area contributed by atoms with Crippen molar-refractivity contribution in [3.8, 4) is 12.1 Å². The maximum atomic E-state index is 13.1. The number of ether oxygens (including phenoxy) is 2. The number of hydrazone groups is 1. The maximum Gasteiger partial charge on any atom is 0.274 e. The quantitative estimate of drug-likeness (QED) is 0.567. The molecule has 0 aliphatic carbocycles. The maximum absolute atomic E-state index is 13.1. The molecule has 0 unspecified atom stereocenters. The van der Waals surface area contributed by atoms with E-state index >= 15 is 0 Å². The number of nitriles is 2. The van der Waals surface area contributed by atoms with Gasteiger partial charge in [0.2, 0.25) is 6.04 Å². The minimum Gasteiger partial charge on any atom is -0.380 e. The normalized spacial score (nSPS) is 13.6. The highest BCUT2D eigenvalue weighted by Crippen LogP contribution is 2.22. The van der Waals surface area contributed by atoms with Gasteiger partial charge < -0.3 is 9.47 Å². The second-order valence-electron chi connectivity index (χ2n) is 7.35. The van der Waals surface area contributed by atoms with E-state index in [-0.39, 0.29) is 5.91 Å². The summed E-state index contributed by atoms with van der Waals surface area (Å²) in [6.45, 7) is 1.46. The van der Waals surface area contributed by atoms with Crippen molar-refractivity contribution in [3.63, 3.8) is 0 Å². The predicted molar refractivity (Wildman–Crippen MR) is 121 cm³/mol. The molecule has 0 saturated carbocycles. The number of rotatable bonds is 8. The van der Waals surface area contributed by atoms with E-state index in [2.05, 4.69) is 15.3 Å². The zero-order valence-corrected chi connectivity index (χ0v) is 18.6. The van der Waals surface area contributed by atoms with Crippen molar-refractivity contribution in [2.24, 2.45) is 15.3 Å². The van der Waals surface area contributed by atoms with Gasteiger partial charge in [-0.1, -0.05) is 18.2 Å². The summed E-state index contributed by atoms with van der Waals surface area (Å²) in [4.78, 5) is 13.1. The van der Waals surface area contributed by atoms with Gasteiger partial charge in [-0.05, 0) is 53.8 Å². The van der Waals surface area contributed by atoms with Crippen LogP contribution < -0.4 is 0 Å². The second-order valence-corrected chi connectivity index (χ2v) is 7.35.